The van der Waals surface area contributed by atoms with Crippen LogP contribution in [0.3, 0.4) is 0 Å². The zero-order chi connectivity index (χ0) is 23.8. The zero-order valence-electron chi connectivity index (χ0n) is 18.6. The van der Waals surface area contributed by atoms with E-state index in [1.54, 1.807) is 18.5 Å². The largest absolute Gasteiger partial charge is 0.395 e. The molecule has 33 heavy (non-hydrogen) atoms. The number of nitrogens with zero attached hydrogens (tertiary/aromatic N) is 3. The molecule has 0 radical (unpaired) electrons. The lowest BCUT2D eigenvalue weighted by molar-refractivity contribution is -0.145. The number of aromatic nitrogens is 2. The van der Waals surface area contributed by atoms with Crippen LogP contribution < -0.4 is 11.1 Å². The van der Waals surface area contributed by atoms with Crippen molar-refractivity contribution < 1.29 is 20.4 Å². The minimum Gasteiger partial charge on any atom is -0.395 e. The summed E-state index contributed by atoms with van der Waals surface area (Å²) >= 11 is 0. The summed E-state index contributed by atoms with van der Waals surface area (Å²) in [6.07, 6.45) is 3.66. The fourth-order valence-corrected chi connectivity index (χ4v) is 4.16. The first-order chi connectivity index (χ1) is 15.9. The van der Waals surface area contributed by atoms with Gasteiger partial charge in [0.1, 0.15) is 18.0 Å². The number of aliphatic hydroxyl groups is 4. The van der Waals surface area contributed by atoms with E-state index in [1.807, 2.05) is 23.1 Å². The van der Waals surface area contributed by atoms with Crippen molar-refractivity contribution in [3.63, 3.8) is 0 Å². The van der Waals surface area contributed by atoms with E-state index in [1.165, 1.54) is 0 Å². The number of unbranched alkanes of at least 4 members (excludes halogenated alkanes) is 3. The molecule has 1 aliphatic heterocycles. The SMILES string of the molecule is N=C(N)c1cc(-c2ncccn2)ccc1NCCCCCCN1C[C@H](O)[C@@H](O)[C@H](O)[C@H]1CO. The van der Waals surface area contributed by atoms with Gasteiger partial charge in [0.25, 0.3) is 0 Å². The molecule has 10 nitrogen and oxygen atoms in total. The number of hydrogen-bond donors (Lipinski definition) is 7. The van der Waals surface area contributed by atoms with Gasteiger partial charge in [-0.25, -0.2) is 9.97 Å². The molecule has 8 N–H and O–H groups in total. The van der Waals surface area contributed by atoms with E-state index in [-0.39, 0.29) is 19.0 Å². The lowest BCUT2D eigenvalue weighted by atomic mass is 9.94. The second-order valence-electron chi connectivity index (χ2n) is 8.38. The predicted molar refractivity (Wildman–Crippen MR) is 126 cm³/mol. The van der Waals surface area contributed by atoms with E-state index in [9.17, 15) is 20.4 Å². The van der Waals surface area contributed by atoms with Gasteiger partial charge in [-0.05, 0) is 43.7 Å². The predicted octanol–water partition coefficient (Wildman–Crippen LogP) is 0.159. The van der Waals surface area contributed by atoms with Crippen LogP contribution in [0.4, 0.5) is 5.69 Å². The van der Waals surface area contributed by atoms with Crippen LogP contribution in [0, 0.1) is 5.41 Å². The van der Waals surface area contributed by atoms with Crippen LogP contribution >= 0.6 is 0 Å². The molecule has 0 saturated carbocycles. The molecule has 0 aliphatic carbocycles. The smallest absolute Gasteiger partial charge is 0.159 e. The summed E-state index contributed by atoms with van der Waals surface area (Å²) in [5.74, 6) is 0.558. The number of β-amino-alcohol motifs (C(OH)–C–C–N with tert-alkyl or cyclic N) is 1. The Balaban J connectivity index is 1.42. The third kappa shape index (κ3) is 6.46. The molecule has 180 valence electrons. The van der Waals surface area contributed by atoms with Gasteiger partial charge in [0.2, 0.25) is 0 Å². The Bertz CT molecular complexity index is 900. The molecule has 0 unspecified atom stereocenters. The number of hydrogen-bond acceptors (Lipinski definition) is 9. The van der Waals surface area contributed by atoms with Gasteiger partial charge in [0, 0.05) is 42.3 Å². The van der Waals surface area contributed by atoms with Crippen LogP contribution in [0.2, 0.25) is 0 Å². The Kier molecular flexibility index (Phi) is 9.10. The molecule has 1 saturated heterocycles. The maximum atomic E-state index is 10.1. The number of aliphatic hydroxyl groups excluding tert-OH is 4. The zero-order valence-corrected chi connectivity index (χ0v) is 18.6. The highest BCUT2D eigenvalue weighted by Gasteiger charge is 2.40. The quantitative estimate of drug-likeness (QED) is 0.141. The Labute approximate surface area is 193 Å². The average Bonchev–Trinajstić information content (AvgIpc) is 2.82. The number of nitrogens with one attached hydrogen (secondary N) is 2. The van der Waals surface area contributed by atoms with Gasteiger partial charge in [-0.2, -0.15) is 0 Å². The number of likely N-dealkylation sites (tertiary alicyclic amines) is 1. The Hall–Kier alpha value is -2.63. The van der Waals surface area contributed by atoms with Crippen molar-refractivity contribution in [2.24, 2.45) is 5.73 Å². The van der Waals surface area contributed by atoms with E-state index in [0.717, 1.165) is 43.5 Å². The molecule has 0 bridgehead atoms. The normalized spacial score (nSPS) is 23.4. The molecule has 1 aromatic carbocycles. The van der Waals surface area contributed by atoms with Crippen LogP contribution in [0.1, 0.15) is 31.2 Å². The van der Waals surface area contributed by atoms with Gasteiger partial charge < -0.3 is 31.5 Å². The average molecular weight is 459 g/mol. The maximum Gasteiger partial charge on any atom is 0.159 e. The summed E-state index contributed by atoms with van der Waals surface area (Å²) < 4.78 is 0. The van der Waals surface area contributed by atoms with Gasteiger partial charge >= 0.3 is 0 Å². The van der Waals surface area contributed by atoms with E-state index < -0.39 is 24.4 Å². The lowest BCUT2D eigenvalue weighted by Crippen LogP contribution is -2.62. The van der Waals surface area contributed by atoms with Crippen molar-refractivity contribution in [3.8, 4) is 11.4 Å². The monoisotopic (exact) mass is 458 g/mol. The highest BCUT2D eigenvalue weighted by atomic mass is 16.4. The molecule has 1 aliphatic rings. The molecule has 10 heteroatoms. The summed E-state index contributed by atoms with van der Waals surface area (Å²) in [6, 6.07) is 6.80. The number of rotatable bonds is 11. The molecule has 2 heterocycles. The van der Waals surface area contributed by atoms with Crippen molar-refractivity contribution in [2.75, 3.05) is 31.6 Å². The molecule has 2 aromatic rings. The summed E-state index contributed by atoms with van der Waals surface area (Å²) in [7, 11) is 0. The topological polar surface area (TPSA) is 172 Å². The van der Waals surface area contributed by atoms with E-state index >= 15 is 0 Å². The van der Waals surface area contributed by atoms with Crippen molar-refractivity contribution in [3.05, 3.63) is 42.2 Å². The highest BCUT2D eigenvalue weighted by Crippen LogP contribution is 2.23. The molecule has 0 spiro atoms. The molecular weight excluding hydrogens is 424 g/mol. The van der Waals surface area contributed by atoms with Crippen LogP contribution in [-0.2, 0) is 0 Å². The lowest BCUT2D eigenvalue weighted by Gasteiger charge is -2.43. The van der Waals surface area contributed by atoms with Gasteiger partial charge in [-0.1, -0.05) is 12.8 Å². The van der Waals surface area contributed by atoms with E-state index in [4.69, 9.17) is 11.1 Å². The second kappa shape index (κ2) is 12.0. The van der Waals surface area contributed by atoms with Crippen molar-refractivity contribution in [2.45, 2.75) is 50.0 Å². The first-order valence-corrected chi connectivity index (χ1v) is 11.3. The highest BCUT2D eigenvalue weighted by molar-refractivity contribution is 6.01. The third-order valence-electron chi connectivity index (χ3n) is 6.04. The number of nitrogens with two attached hydrogens (primary N) is 1. The Morgan fingerprint density at radius 2 is 1.82 bits per heavy atom. The molecule has 4 atom stereocenters. The fraction of sp³-hybridized carbons (Fsp3) is 0.522. The Morgan fingerprint density at radius 3 is 2.52 bits per heavy atom. The second-order valence-corrected chi connectivity index (χ2v) is 8.38. The summed E-state index contributed by atoms with van der Waals surface area (Å²) in [5.41, 5.74) is 7.99. The minimum atomic E-state index is -1.22. The summed E-state index contributed by atoms with van der Waals surface area (Å²) in [4.78, 5) is 10.3. The van der Waals surface area contributed by atoms with E-state index in [0.29, 0.717) is 17.9 Å². The molecule has 0 amide bonds. The number of anilines is 1. The van der Waals surface area contributed by atoms with Crippen LogP contribution in [-0.4, -0.2) is 91.7 Å². The van der Waals surface area contributed by atoms with Crippen molar-refractivity contribution >= 4 is 11.5 Å². The number of piperidine rings is 1. The standard InChI is InChI=1S/C23H34N6O4/c24-22(25)16-12-15(23-27-9-5-10-28-23)6-7-17(16)26-8-3-1-2-4-11-29-13-19(31)21(33)20(32)18(29)14-30/h5-7,9-10,12,18-21,26,30-33H,1-4,8,11,13-14H2,(H3,24,25)/t18-,19+,20-,21-/m1/s1. The molecular formula is C23H34N6O4. The van der Waals surface area contributed by atoms with Gasteiger partial charge in [0.15, 0.2) is 5.82 Å². The van der Waals surface area contributed by atoms with E-state index in [2.05, 4.69) is 15.3 Å². The molecule has 3 rings (SSSR count). The number of benzene rings is 1. The van der Waals surface area contributed by atoms with Crippen LogP contribution in [0.5, 0.6) is 0 Å². The molecule has 1 fully saturated rings. The Morgan fingerprint density at radius 1 is 1.09 bits per heavy atom. The van der Waals surface area contributed by atoms with Gasteiger partial charge in [0.05, 0.1) is 18.8 Å². The van der Waals surface area contributed by atoms with Crippen LogP contribution in [0.25, 0.3) is 11.4 Å². The summed E-state index contributed by atoms with van der Waals surface area (Å²) in [5, 5.41) is 50.5. The van der Waals surface area contributed by atoms with Gasteiger partial charge in [-0.15, -0.1) is 0 Å². The first kappa shape index (κ1) is 25.0. The minimum absolute atomic E-state index is 0.0234. The molecule has 1 aromatic heterocycles. The van der Waals surface area contributed by atoms with Crippen molar-refractivity contribution in [1.82, 2.24) is 14.9 Å². The fourth-order valence-electron chi connectivity index (χ4n) is 4.16. The number of amidine groups is 1. The van der Waals surface area contributed by atoms with Gasteiger partial charge in [-0.3, -0.25) is 10.3 Å². The summed E-state index contributed by atoms with van der Waals surface area (Å²) in [6.45, 7) is 1.34. The number of nitrogen functional groups attached to an aromatic ring is 1. The first-order valence-electron chi connectivity index (χ1n) is 11.3. The maximum absolute atomic E-state index is 10.1. The van der Waals surface area contributed by atoms with Crippen LogP contribution in [0.15, 0.2) is 36.7 Å². The third-order valence-corrected chi connectivity index (χ3v) is 6.04. The van der Waals surface area contributed by atoms with Crippen molar-refractivity contribution in [1.29, 1.82) is 5.41 Å².